The molecular weight excluding hydrogens is 234 g/mol. The first-order chi connectivity index (χ1) is 8.66. The number of carboxylic acids is 1. The molecule has 1 aromatic heterocycles. The van der Waals surface area contributed by atoms with Gasteiger partial charge in [0.05, 0.1) is 12.1 Å². The predicted molar refractivity (Wildman–Crippen MR) is 63.5 cm³/mol. The second-order valence-corrected chi connectivity index (χ2v) is 4.72. The molecule has 98 valence electrons. The van der Waals surface area contributed by atoms with Crippen molar-refractivity contribution in [3.8, 4) is 0 Å². The minimum absolute atomic E-state index is 0.0536. The first-order valence-electron chi connectivity index (χ1n) is 6.15. The normalized spacial score (nSPS) is 23.6. The van der Waals surface area contributed by atoms with E-state index in [2.05, 4.69) is 15.5 Å². The molecule has 0 aliphatic heterocycles. The molecule has 2 unspecified atom stereocenters. The van der Waals surface area contributed by atoms with Gasteiger partial charge >= 0.3 is 5.97 Å². The van der Waals surface area contributed by atoms with Gasteiger partial charge in [0.1, 0.15) is 0 Å². The molecule has 18 heavy (non-hydrogen) atoms. The summed E-state index contributed by atoms with van der Waals surface area (Å²) in [5, 5.41) is 18.3. The van der Waals surface area contributed by atoms with Gasteiger partial charge in [-0.15, -0.1) is 0 Å². The van der Waals surface area contributed by atoms with Crippen LogP contribution in [0.4, 0.5) is 0 Å². The molecular formula is C12H17N3O3. The fourth-order valence-corrected chi connectivity index (χ4v) is 2.36. The van der Waals surface area contributed by atoms with Crippen molar-refractivity contribution < 1.29 is 14.7 Å². The molecule has 1 heterocycles. The van der Waals surface area contributed by atoms with Crippen LogP contribution in [0.5, 0.6) is 0 Å². The minimum Gasteiger partial charge on any atom is -0.481 e. The zero-order chi connectivity index (χ0) is 13.0. The summed E-state index contributed by atoms with van der Waals surface area (Å²) in [6.45, 7) is 0.434. The number of rotatable bonds is 4. The zero-order valence-corrected chi connectivity index (χ0v) is 10.1. The van der Waals surface area contributed by atoms with E-state index in [1.807, 2.05) is 0 Å². The van der Waals surface area contributed by atoms with Gasteiger partial charge in [-0.1, -0.05) is 6.42 Å². The van der Waals surface area contributed by atoms with Crippen molar-refractivity contribution in [3.63, 3.8) is 0 Å². The number of nitrogens with one attached hydrogen (secondary N) is 2. The van der Waals surface area contributed by atoms with E-state index in [4.69, 9.17) is 5.11 Å². The summed E-state index contributed by atoms with van der Waals surface area (Å²) in [5.74, 6) is -1.39. The fraction of sp³-hybridized carbons (Fsp3) is 0.583. The number of aromatic nitrogens is 2. The highest BCUT2D eigenvalue weighted by molar-refractivity contribution is 5.80. The molecule has 2 rings (SSSR count). The third-order valence-electron chi connectivity index (χ3n) is 3.42. The highest BCUT2D eigenvalue weighted by atomic mass is 16.4. The van der Waals surface area contributed by atoms with Crippen molar-refractivity contribution in [1.82, 2.24) is 15.5 Å². The SMILES string of the molecule is O=C(O)C1CCCC(C(=O)NCc2cn[nH]c2)C1. The standard InChI is InChI=1S/C12H17N3O3/c16-11(13-5-8-6-14-15-7-8)9-2-1-3-10(4-9)12(17)18/h6-7,9-10H,1-5H2,(H,13,16)(H,14,15)(H,17,18). The van der Waals surface area contributed by atoms with Crippen LogP contribution in [0.15, 0.2) is 12.4 Å². The van der Waals surface area contributed by atoms with Crippen molar-refractivity contribution in [2.24, 2.45) is 11.8 Å². The van der Waals surface area contributed by atoms with E-state index >= 15 is 0 Å². The summed E-state index contributed by atoms with van der Waals surface area (Å²) in [7, 11) is 0. The monoisotopic (exact) mass is 251 g/mol. The van der Waals surface area contributed by atoms with Crippen LogP contribution in [0.2, 0.25) is 0 Å². The van der Waals surface area contributed by atoms with Gasteiger partial charge in [-0.25, -0.2) is 0 Å². The first-order valence-corrected chi connectivity index (χ1v) is 6.15. The minimum atomic E-state index is -0.790. The number of carboxylic acid groups (broad SMARTS) is 1. The predicted octanol–water partition coefficient (Wildman–Crippen LogP) is 0.917. The molecule has 0 bridgehead atoms. The number of aliphatic carboxylic acids is 1. The molecule has 1 amide bonds. The van der Waals surface area contributed by atoms with Gasteiger partial charge in [0.15, 0.2) is 0 Å². The van der Waals surface area contributed by atoms with Crippen LogP contribution < -0.4 is 5.32 Å². The smallest absolute Gasteiger partial charge is 0.306 e. The highest BCUT2D eigenvalue weighted by Crippen LogP contribution is 2.29. The Kier molecular flexibility index (Phi) is 3.96. The lowest BCUT2D eigenvalue weighted by Crippen LogP contribution is -2.35. The maximum atomic E-state index is 11.9. The van der Waals surface area contributed by atoms with E-state index in [-0.39, 0.29) is 17.7 Å². The molecule has 1 aromatic rings. The van der Waals surface area contributed by atoms with Gasteiger partial charge in [0.25, 0.3) is 0 Å². The van der Waals surface area contributed by atoms with Gasteiger partial charge < -0.3 is 10.4 Å². The van der Waals surface area contributed by atoms with Gasteiger partial charge in [0, 0.05) is 24.2 Å². The van der Waals surface area contributed by atoms with Crippen LogP contribution in [0.3, 0.4) is 0 Å². The van der Waals surface area contributed by atoms with Crippen LogP contribution in [0, 0.1) is 11.8 Å². The molecule has 6 nitrogen and oxygen atoms in total. The molecule has 1 aliphatic carbocycles. The second kappa shape index (κ2) is 5.66. The van der Waals surface area contributed by atoms with Crippen LogP contribution in [0.1, 0.15) is 31.2 Å². The fourth-order valence-electron chi connectivity index (χ4n) is 2.36. The average Bonchev–Trinajstić information content (AvgIpc) is 2.89. The topological polar surface area (TPSA) is 95.1 Å². The Balaban J connectivity index is 1.83. The summed E-state index contributed by atoms with van der Waals surface area (Å²) in [4.78, 5) is 22.8. The molecule has 0 aromatic carbocycles. The lowest BCUT2D eigenvalue weighted by molar-refractivity contribution is -0.144. The quantitative estimate of drug-likeness (QED) is 0.741. The van der Waals surface area contributed by atoms with Crippen molar-refractivity contribution in [3.05, 3.63) is 18.0 Å². The molecule has 0 saturated heterocycles. The van der Waals surface area contributed by atoms with Gasteiger partial charge in [-0.2, -0.15) is 5.10 Å². The average molecular weight is 251 g/mol. The summed E-state index contributed by atoms with van der Waals surface area (Å²) in [6, 6.07) is 0. The third kappa shape index (κ3) is 3.09. The van der Waals surface area contributed by atoms with Crippen molar-refractivity contribution in [1.29, 1.82) is 0 Å². The lowest BCUT2D eigenvalue weighted by Gasteiger charge is -2.25. The number of carbonyl (C=O) groups is 2. The first kappa shape index (κ1) is 12.6. The number of hydrogen-bond donors (Lipinski definition) is 3. The van der Waals surface area contributed by atoms with E-state index < -0.39 is 5.97 Å². The lowest BCUT2D eigenvalue weighted by atomic mass is 9.81. The zero-order valence-electron chi connectivity index (χ0n) is 10.1. The third-order valence-corrected chi connectivity index (χ3v) is 3.42. The molecule has 1 saturated carbocycles. The summed E-state index contributed by atoms with van der Waals surface area (Å²) in [6.07, 6.45) is 6.09. The molecule has 3 N–H and O–H groups in total. The number of H-pyrrole nitrogens is 1. The molecule has 0 spiro atoms. The Morgan fingerprint density at radius 1 is 1.44 bits per heavy atom. The van der Waals surface area contributed by atoms with Gasteiger partial charge in [-0.3, -0.25) is 14.7 Å². The van der Waals surface area contributed by atoms with E-state index in [1.54, 1.807) is 12.4 Å². The van der Waals surface area contributed by atoms with Crippen LogP contribution in [-0.2, 0) is 16.1 Å². The largest absolute Gasteiger partial charge is 0.481 e. The molecule has 1 fully saturated rings. The molecule has 2 atom stereocenters. The Labute approximate surface area is 105 Å². The van der Waals surface area contributed by atoms with Crippen LogP contribution >= 0.6 is 0 Å². The Morgan fingerprint density at radius 3 is 2.89 bits per heavy atom. The van der Waals surface area contributed by atoms with Gasteiger partial charge in [0.2, 0.25) is 5.91 Å². The van der Waals surface area contributed by atoms with Crippen LogP contribution in [0.25, 0.3) is 0 Å². The maximum absolute atomic E-state index is 11.9. The summed E-state index contributed by atoms with van der Waals surface area (Å²) in [5.41, 5.74) is 0.911. The summed E-state index contributed by atoms with van der Waals surface area (Å²) < 4.78 is 0. The van der Waals surface area contributed by atoms with E-state index in [0.29, 0.717) is 19.4 Å². The Hall–Kier alpha value is -1.85. The molecule has 0 radical (unpaired) electrons. The number of carbonyl (C=O) groups excluding carboxylic acids is 1. The van der Waals surface area contributed by atoms with E-state index in [9.17, 15) is 9.59 Å². The van der Waals surface area contributed by atoms with Gasteiger partial charge in [-0.05, 0) is 19.3 Å². The molecule has 6 heteroatoms. The van der Waals surface area contributed by atoms with Crippen LogP contribution in [-0.4, -0.2) is 27.2 Å². The van der Waals surface area contributed by atoms with Crippen molar-refractivity contribution in [2.45, 2.75) is 32.2 Å². The van der Waals surface area contributed by atoms with Crippen molar-refractivity contribution >= 4 is 11.9 Å². The Morgan fingerprint density at radius 2 is 2.22 bits per heavy atom. The van der Waals surface area contributed by atoms with Crippen molar-refractivity contribution in [2.75, 3.05) is 0 Å². The summed E-state index contributed by atoms with van der Waals surface area (Å²) >= 11 is 0. The second-order valence-electron chi connectivity index (χ2n) is 4.72. The maximum Gasteiger partial charge on any atom is 0.306 e. The molecule has 1 aliphatic rings. The van der Waals surface area contributed by atoms with E-state index in [0.717, 1.165) is 18.4 Å². The van der Waals surface area contributed by atoms with E-state index in [1.165, 1.54) is 0 Å². The number of amides is 1. The number of aromatic amines is 1. The number of hydrogen-bond acceptors (Lipinski definition) is 3. The Bertz CT molecular complexity index is 416. The highest BCUT2D eigenvalue weighted by Gasteiger charge is 2.30. The number of nitrogens with zero attached hydrogens (tertiary/aromatic N) is 1.